The highest BCUT2D eigenvalue weighted by Gasteiger charge is 2.36. The van der Waals surface area contributed by atoms with Gasteiger partial charge in [-0.15, -0.1) is 0 Å². The minimum absolute atomic E-state index is 0.0202. The Hall–Kier alpha value is -1.40. The van der Waals surface area contributed by atoms with E-state index in [1.54, 1.807) is 19.9 Å². The number of benzene rings is 1. The third kappa shape index (κ3) is 3.11. The predicted octanol–water partition coefficient (Wildman–Crippen LogP) is 2.01. The summed E-state index contributed by atoms with van der Waals surface area (Å²) >= 11 is 0. The number of rotatable bonds is 4. The minimum Gasteiger partial charge on any atom is -0.347 e. The van der Waals surface area contributed by atoms with Gasteiger partial charge in [0.2, 0.25) is 10.0 Å². The van der Waals surface area contributed by atoms with Crippen LogP contribution in [0.4, 0.5) is 0 Å². The summed E-state index contributed by atoms with van der Waals surface area (Å²) in [5.41, 5.74) is 1.55. The Balaban J connectivity index is 2.36. The van der Waals surface area contributed by atoms with Crippen molar-refractivity contribution in [1.29, 1.82) is 0 Å². The number of nitrogens with one attached hydrogen (secondary N) is 1. The third-order valence-corrected chi connectivity index (χ3v) is 5.59. The number of amides is 1. The Kier molecular flexibility index (Phi) is 4.13. The summed E-state index contributed by atoms with van der Waals surface area (Å²) in [6.45, 7) is 5.52. The normalized spacial score (nSPS) is 17.1. The lowest BCUT2D eigenvalue weighted by Crippen LogP contribution is -2.53. The molecule has 0 spiro atoms. The first-order valence-corrected chi connectivity index (χ1v) is 8.70. The maximum absolute atomic E-state index is 12.4. The minimum atomic E-state index is -3.83. The predicted molar refractivity (Wildman–Crippen MR) is 81.6 cm³/mol. The Labute approximate surface area is 126 Å². The van der Waals surface area contributed by atoms with Crippen LogP contribution in [-0.2, 0) is 10.0 Å². The summed E-state index contributed by atoms with van der Waals surface area (Å²) in [5.74, 6) is -0.232. The van der Waals surface area contributed by atoms with Crippen molar-refractivity contribution in [3.8, 4) is 0 Å². The lowest BCUT2D eigenvalue weighted by Gasteiger charge is -2.42. The highest BCUT2D eigenvalue weighted by atomic mass is 32.2. The lowest BCUT2D eigenvalue weighted by atomic mass is 9.74. The van der Waals surface area contributed by atoms with Crippen LogP contribution < -0.4 is 10.5 Å². The summed E-state index contributed by atoms with van der Waals surface area (Å²) in [6.07, 6.45) is 3.94. The van der Waals surface area contributed by atoms with Crippen molar-refractivity contribution in [2.45, 2.75) is 56.9 Å². The van der Waals surface area contributed by atoms with Gasteiger partial charge in [0.05, 0.1) is 4.90 Å². The first-order chi connectivity index (χ1) is 9.68. The number of hydrogen-bond acceptors (Lipinski definition) is 3. The fraction of sp³-hybridized carbons (Fsp3) is 0.533. The Bertz CT molecular complexity index is 671. The van der Waals surface area contributed by atoms with E-state index < -0.39 is 10.0 Å². The Morgan fingerprint density at radius 3 is 2.38 bits per heavy atom. The second-order valence-electron chi connectivity index (χ2n) is 5.90. The van der Waals surface area contributed by atoms with Crippen LogP contribution in [0.5, 0.6) is 0 Å². The Morgan fingerprint density at radius 1 is 1.33 bits per heavy atom. The van der Waals surface area contributed by atoms with Gasteiger partial charge in [-0.2, -0.15) is 0 Å². The van der Waals surface area contributed by atoms with Crippen LogP contribution in [0.25, 0.3) is 0 Å². The molecule has 0 saturated heterocycles. The molecule has 1 aromatic rings. The first kappa shape index (κ1) is 16.0. The second-order valence-corrected chi connectivity index (χ2v) is 7.43. The van der Waals surface area contributed by atoms with Crippen molar-refractivity contribution in [3.05, 3.63) is 28.8 Å². The molecule has 0 aromatic heterocycles. The molecule has 0 radical (unpaired) electrons. The molecular weight excluding hydrogens is 288 g/mol. The lowest BCUT2D eigenvalue weighted by molar-refractivity contribution is 0.0820. The van der Waals surface area contributed by atoms with Gasteiger partial charge in [0.15, 0.2) is 0 Å². The van der Waals surface area contributed by atoms with E-state index in [4.69, 9.17) is 5.14 Å². The summed E-state index contributed by atoms with van der Waals surface area (Å²) < 4.78 is 23.3. The molecule has 5 nitrogen and oxygen atoms in total. The monoisotopic (exact) mass is 310 g/mol. The van der Waals surface area contributed by atoms with Gasteiger partial charge in [-0.05, 0) is 62.8 Å². The molecule has 21 heavy (non-hydrogen) atoms. The van der Waals surface area contributed by atoms with Crippen molar-refractivity contribution < 1.29 is 13.2 Å². The van der Waals surface area contributed by atoms with Crippen LogP contribution in [0, 0.1) is 13.8 Å². The topological polar surface area (TPSA) is 89.3 Å². The number of nitrogens with two attached hydrogens (primary N) is 1. The number of carbonyl (C=O) groups excluding carboxylic acids is 1. The molecule has 0 unspecified atom stereocenters. The molecule has 0 bridgehead atoms. The molecule has 116 valence electrons. The van der Waals surface area contributed by atoms with Crippen molar-refractivity contribution in [1.82, 2.24) is 5.32 Å². The van der Waals surface area contributed by atoms with Crippen LogP contribution in [-0.4, -0.2) is 19.9 Å². The maximum Gasteiger partial charge on any atom is 0.251 e. The zero-order chi connectivity index (χ0) is 15.8. The molecule has 2 rings (SSSR count). The second kappa shape index (κ2) is 5.42. The van der Waals surface area contributed by atoms with Crippen LogP contribution in [0.2, 0.25) is 0 Å². The van der Waals surface area contributed by atoms with Gasteiger partial charge < -0.3 is 5.32 Å². The first-order valence-electron chi connectivity index (χ1n) is 7.15. The Morgan fingerprint density at radius 2 is 1.95 bits per heavy atom. The van der Waals surface area contributed by atoms with Gasteiger partial charge in [-0.1, -0.05) is 6.92 Å². The van der Waals surface area contributed by atoms with Crippen molar-refractivity contribution in [2.24, 2.45) is 5.14 Å². The molecule has 0 heterocycles. The highest BCUT2D eigenvalue weighted by molar-refractivity contribution is 7.89. The largest absolute Gasteiger partial charge is 0.347 e. The molecule has 0 aliphatic heterocycles. The molecule has 1 aromatic carbocycles. The number of primary sulfonamides is 1. The van der Waals surface area contributed by atoms with Gasteiger partial charge in [0.1, 0.15) is 0 Å². The van der Waals surface area contributed by atoms with Crippen molar-refractivity contribution in [3.63, 3.8) is 0 Å². The van der Waals surface area contributed by atoms with E-state index >= 15 is 0 Å². The van der Waals surface area contributed by atoms with Crippen LogP contribution in [0.1, 0.15) is 54.1 Å². The third-order valence-electron chi connectivity index (χ3n) is 4.55. The zero-order valence-electron chi connectivity index (χ0n) is 12.7. The quantitative estimate of drug-likeness (QED) is 0.891. The summed E-state index contributed by atoms with van der Waals surface area (Å²) in [6, 6.07) is 3.08. The van der Waals surface area contributed by atoms with Gasteiger partial charge in [0.25, 0.3) is 5.91 Å². The van der Waals surface area contributed by atoms with E-state index in [1.807, 2.05) is 0 Å². The maximum atomic E-state index is 12.4. The number of carbonyl (C=O) groups is 1. The molecule has 1 aliphatic rings. The molecule has 3 N–H and O–H groups in total. The molecule has 1 amide bonds. The van der Waals surface area contributed by atoms with Gasteiger partial charge in [-0.25, -0.2) is 13.6 Å². The molecule has 6 heteroatoms. The fourth-order valence-corrected chi connectivity index (χ4v) is 3.62. The van der Waals surface area contributed by atoms with Gasteiger partial charge in [-0.3, -0.25) is 4.79 Å². The standard InChI is InChI=1S/C15H22N2O3S/c1-4-15(6-5-7-15)17-14(18)12-8-10(2)11(3)13(9-12)21(16,19)20/h8-9H,4-7H2,1-3H3,(H,17,18)(H2,16,19,20). The summed E-state index contributed by atoms with van der Waals surface area (Å²) in [4.78, 5) is 12.4. The van der Waals surface area contributed by atoms with Crippen LogP contribution >= 0.6 is 0 Å². The molecular formula is C15H22N2O3S. The van der Waals surface area contributed by atoms with Crippen LogP contribution in [0.15, 0.2) is 17.0 Å². The van der Waals surface area contributed by atoms with Crippen molar-refractivity contribution >= 4 is 15.9 Å². The molecule has 0 atom stereocenters. The smallest absolute Gasteiger partial charge is 0.251 e. The van der Waals surface area contributed by atoms with E-state index in [-0.39, 0.29) is 16.3 Å². The number of hydrogen-bond donors (Lipinski definition) is 2. The van der Waals surface area contributed by atoms with Crippen molar-refractivity contribution in [2.75, 3.05) is 0 Å². The van der Waals surface area contributed by atoms with Crippen LogP contribution in [0.3, 0.4) is 0 Å². The average molecular weight is 310 g/mol. The fourth-order valence-electron chi connectivity index (χ4n) is 2.74. The molecule has 1 saturated carbocycles. The SMILES string of the molecule is CCC1(NC(=O)c2cc(C)c(C)c(S(N)(=O)=O)c2)CCC1. The van der Waals surface area contributed by atoms with Gasteiger partial charge >= 0.3 is 0 Å². The van der Waals surface area contributed by atoms with E-state index in [1.165, 1.54) is 6.07 Å². The van der Waals surface area contributed by atoms with E-state index in [0.29, 0.717) is 11.1 Å². The number of aryl methyl sites for hydroxylation is 1. The van der Waals surface area contributed by atoms with E-state index in [0.717, 1.165) is 31.2 Å². The summed E-state index contributed by atoms with van der Waals surface area (Å²) in [7, 11) is -3.83. The molecule has 1 aliphatic carbocycles. The molecule has 1 fully saturated rings. The number of sulfonamides is 1. The van der Waals surface area contributed by atoms with E-state index in [9.17, 15) is 13.2 Å². The average Bonchev–Trinajstić information content (AvgIpc) is 2.35. The van der Waals surface area contributed by atoms with Gasteiger partial charge in [0, 0.05) is 11.1 Å². The highest BCUT2D eigenvalue weighted by Crippen LogP contribution is 2.35. The van der Waals surface area contributed by atoms with E-state index in [2.05, 4.69) is 12.2 Å². The summed E-state index contributed by atoms with van der Waals surface area (Å²) in [5, 5.41) is 8.27. The zero-order valence-corrected chi connectivity index (χ0v) is 13.5.